The van der Waals surface area contributed by atoms with Crippen LogP contribution < -0.4 is 5.32 Å². The van der Waals surface area contributed by atoms with Crippen LogP contribution in [0.15, 0.2) is 18.2 Å². The lowest BCUT2D eigenvalue weighted by Gasteiger charge is -2.06. The van der Waals surface area contributed by atoms with Crippen LogP contribution in [0.2, 0.25) is 0 Å². The summed E-state index contributed by atoms with van der Waals surface area (Å²) in [5, 5.41) is 22.1. The molecule has 0 fully saturated rings. The number of amides is 1. The number of benzene rings is 1. The quantitative estimate of drug-likeness (QED) is 0.433. The van der Waals surface area contributed by atoms with E-state index in [1.54, 1.807) is 24.8 Å². The first-order chi connectivity index (χ1) is 9.54. The van der Waals surface area contributed by atoms with Gasteiger partial charge in [0.15, 0.2) is 0 Å². The number of hydrogen-bond acceptors (Lipinski definition) is 5. The molecule has 0 saturated heterocycles. The van der Waals surface area contributed by atoms with E-state index in [9.17, 15) is 14.9 Å². The summed E-state index contributed by atoms with van der Waals surface area (Å²) in [5.41, 5.74) is 0.909. The molecule has 2 N–H and O–H groups in total. The van der Waals surface area contributed by atoms with Gasteiger partial charge in [0.05, 0.1) is 4.92 Å². The first-order valence-electron chi connectivity index (χ1n) is 6.27. The molecule has 7 heteroatoms. The van der Waals surface area contributed by atoms with E-state index in [0.717, 1.165) is 17.9 Å². The van der Waals surface area contributed by atoms with Crippen molar-refractivity contribution in [2.75, 3.05) is 24.7 Å². The number of aryl methyl sites for hydroxylation is 1. The van der Waals surface area contributed by atoms with Crippen molar-refractivity contribution in [3.63, 3.8) is 0 Å². The lowest BCUT2D eigenvalue weighted by atomic mass is 10.1. The molecule has 0 heterocycles. The number of thioether (sulfide) groups is 1. The zero-order valence-electron chi connectivity index (χ0n) is 11.3. The van der Waals surface area contributed by atoms with E-state index >= 15 is 0 Å². The van der Waals surface area contributed by atoms with E-state index in [4.69, 9.17) is 5.11 Å². The summed E-state index contributed by atoms with van der Waals surface area (Å²) in [6, 6.07) is 4.34. The molecular weight excluding hydrogens is 280 g/mol. The second-order valence-electron chi connectivity index (χ2n) is 4.26. The topological polar surface area (TPSA) is 92.5 Å². The Morgan fingerprint density at radius 3 is 2.80 bits per heavy atom. The molecule has 0 bridgehead atoms. The summed E-state index contributed by atoms with van der Waals surface area (Å²) in [5.74, 6) is 1.29. The van der Waals surface area contributed by atoms with E-state index < -0.39 is 4.92 Å². The Labute approximate surface area is 121 Å². The van der Waals surface area contributed by atoms with E-state index in [-0.39, 0.29) is 18.2 Å². The van der Waals surface area contributed by atoms with Gasteiger partial charge in [0, 0.05) is 36.6 Å². The van der Waals surface area contributed by atoms with Crippen molar-refractivity contribution >= 4 is 23.4 Å². The minimum Gasteiger partial charge on any atom is -0.396 e. The molecule has 20 heavy (non-hydrogen) atoms. The predicted molar refractivity (Wildman–Crippen MR) is 79.2 cm³/mol. The molecule has 0 spiro atoms. The highest BCUT2D eigenvalue weighted by Crippen LogP contribution is 2.16. The number of nitrogens with one attached hydrogen (secondary N) is 1. The largest absolute Gasteiger partial charge is 0.396 e. The summed E-state index contributed by atoms with van der Waals surface area (Å²) in [4.78, 5) is 22.1. The lowest BCUT2D eigenvalue weighted by Crippen LogP contribution is -2.26. The number of aliphatic hydroxyl groups is 1. The average molecular weight is 298 g/mol. The standard InChI is InChI=1S/C13H18N2O4S/c1-10-7-11(9-12(8-10)15(18)19)13(17)14-3-6-20-5-2-4-16/h7-9,16H,2-6H2,1H3,(H,14,17). The fourth-order valence-electron chi connectivity index (χ4n) is 1.61. The van der Waals surface area contributed by atoms with Gasteiger partial charge in [0.25, 0.3) is 11.6 Å². The van der Waals surface area contributed by atoms with Crippen LogP contribution >= 0.6 is 11.8 Å². The minimum absolute atomic E-state index is 0.0764. The Hall–Kier alpha value is -1.60. The first-order valence-corrected chi connectivity index (χ1v) is 7.43. The average Bonchev–Trinajstić information content (AvgIpc) is 2.41. The predicted octanol–water partition coefficient (Wildman–Crippen LogP) is 1.75. The van der Waals surface area contributed by atoms with Crippen molar-refractivity contribution in [2.45, 2.75) is 13.3 Å². The molecular formula is C13H18N2O4S. The molecule has 0 atom stereocenters. The second-order valence-corrected chi connectivity index (χ2v) is 5.48. The summed E-state index contributed by atoms with van der Waals surface area (Å²) in [7, 11) is 0. The maximum Gasteiger partial charge on any atom is 0.270 e. The van der Waals surface area contributed by atoms with E-state index in [2.05, 4.69) is 5.32 Å². The van der Waals surface area contributed by atoms with Crippen LogP contribution in [0.4, 0.5) is 5.69 Å². The van der Waals surface area contributed by atoms with Gasteiger partial charge in [-0.3, -0.25) is 14.9 Å². The number of rotatable bonds is 8. The van der Waals surface area contributed by atoms with Crippen LogP contribution in [-0.4, -0.2) is 40.6 Å². The molecule has 0 aliphatic heterocycles. The van der Waals surface area contributed by atoms with Gasteiger partial charge in [-0.1, -0.05) is 0 Å². The number of non-ortho nitro benzene ring substituents is 1. The van der Waals surface area contributed by atoms with Gasteiger partial charge in [-0.2, -0.15) is 11.8 Å². The second kappa shape index (κ2) is 8.55. The van der Waals surface area contributed by atoms with Crippen molar-refractivity contribution < 1.29 is 14.8 Å². The van der Waals surface area contributed by atoms with Gasteiger partial charge in [-0.05, 0) is 30.7 Å². The molecule has 1 aromatic rings. The van der Waals surface area contributed by atoms with Crippen molar-refractivity contribution in [2.24, 2.45) is 0 Å². The molecule has 0 unspecified atom stereocenters. The molecule has 6 nitrogen and oxygen atoms in total. The third-order valence-corrected chi connectivity index (χ3v) is 3.58. The molecule has 0 radical (unpaired) electrons. The van der Waals surface area contributed by atoms with Crippen LogP contribution in [-0.2, 0) is 0 Å². The van der Waals surface area contributed by atoms with Crippen LogP contribution in [0.1, 0.15) is 22.3 Å². The molecule has 1 amide bonds. The van der Waals surface area contributed by atoms with Gasteiger partial charge in [-0.15, -0.1) is 0 Å². The van der Waals surface area contributed by atoms with Gasteiger partial charge >= 0.3 is 0 Å². The normalized spacial score (nSPS) is 10.3. The third-order valence-electron chi connectivity index (χ3n) is 2.51. The van der Waals surface area contributed by atoms with E-state index in [1.165, 1.54) is 12.1 Å². The van der Waals surface area contributed by atoms with Gasteiger partial charge in [-0.25, -0.2) is 0 Å². The zero-order valence-corrected chi connectivity index (χ0v) is 12.1. The summed E-state index contributed by atoms with van der Waals surface area (Å²) in [6.07, 6.45) is 0.739. The van der Waals surface area contributed by atoms with Crippen LogP contribution in [0.5, 0.6) is 0 Å². The molecule has 0 aromatic heterocycles. The van der Waals surface area contributed by atoms with Crippen molar-refractivity contribution in [3.05, 3.63) is 39.4 Å². The highest BCUT2D eigenvalue weighted by Gasteiger charge is 2.12. The SMILES string of the molecule is Cc1cc(C(=O)NCCSCCCO)cc([N+](=O)[O-])c1. The fourth-order valence-corrected chi connectivity index (χ4v) is 2.39. The maximum absolute atomic E-state index is 11.9. The third kappa shape index (κ3) is 5.58. The fraction of sp³-hybridized carbons (Fsp3) is 0.462. The van der Waals surface area contributed by atoms with E-state index in [1.807, 2.05) is 0 Å². The Morgan fingerprint density at radius 1 is 1.40 bits per heavy atom. The number of hydrogen-bond donors (Lipinski definition) is 2. The monoisotopic (exact) mass is 298 g/mol. The number of carbonyl (C=O) groups excluding carboxylic acids is 1. The highest BCUT2D eigenvalue weighted by molar-refractivity contribution is 7.99. The lowest BCUT2D eigenvalue weighted by molar-refractivity contribution is -0.384. The van der Waals surface area contributed by atoms with Crippen molar-refractivity contribution in [1.29, 1.82) is 0 Å². The Morgan fingerprint density at radius 2 is 2.15 bits per heavy atom. The number of carbonyl (C=O) groups is 1. The number of aliphatic hydroxyl groups excluding tert-OH is 1. The van der Waals surface area contributed by atoms with Gasteiger partial charge in [0.1, 0.15) is 0 Å². The molecule has 0 aliphatic carbocycles. The Balaban J connectivity index is 2.49. The van der Waals surface area contributed by atoms with Crippen molar-refractivity contribution in [3.8, 4) is 0 Å². The first kappa shape index (κ1) is 16.5. The van der Waals surface area contributed by atoms with Gasteiger partial charge in [0.2, 0.25) is 0 Å². The Bertz CT molecular complexity index is 479. The smallest absolute Gasteiger partial charge is 0.270 e. The van der Waals surface area contributed by atoms with Gasteiger partial charge < -0.3 is 10.4 Å². The molecule has 0 saturated carbocycles. The number of nitro benzene ring substituents is 1. The molecule has 1 aromatic carbocycles. The summed E-state index contributed by atoms with van der Waals surface area (Å²) >= 11 is 1.64. The van der Waals surface area contributed by atoms with Crippen LogP contribution in [0.25, 0.3) is 0 Å². The molecule has 0 aliphatic rings. The molecule has 110 valence electrons. The van der Waals surface area contributed by atoms with E-state index in [0.29, 0.717) is 17.7 Å². The number of nitrogens with zero attached hydrogens (tertiary/aromatic N) is 1. The van der Waals surface area contributed by atoms with Crippen molar-refractivity contribution in [1.82, 2.24) is 5.32 Å². The van der Waals surface area contributed by atoms with Crippen LogP contribution in [0.3, 0.4) is 0 Å². The van der Waals surface area contributed by atoms with Crippen LogP contribution in [0, 0.1) is 17.0 Å². The summed E-state index contributed by atoms with van der Waals surface area (Å²) in [6.45, 7) is 2.39. The minimum atomic E-state index is -0.505. The zero-order chi connectivity index (χ0) is 15.0. The number of nitro groups is 1. The Kier molecular flexibility index (Phi) is 7.03. The summed E-state index contributed by atoms with van der Waals surface area (Å²) < 4.78 is 0. The maximum atomic E-state index is 11.9. The molecule has 1 rings (SSSR count). The highest BCUT2D eigenvalue weighted by atomic mass is 32.2.